The summed E-state index contributed by atoms with van der Waals surface area (Å²) < 4.78 is 28.8. The summed E-state index contributed by atoms with van der Waals surface area (Å²) in [6.07, 6.45) is 1.62. The first kappa shape index (κ1) is 15.2. The standard InChI is InChI=1S/C12H18N4O2S2/c1-3-13-6-11-4-12(7-16(11)2)20(17,18)15-5-10-8-19-9-14-10/h4,7-9,13,15H,3,5-6H2,1-2H3. The predicted octanol–water partition coefficient (Wildman–Crippen LogP) is 1.07. The molecule has 20 heavy (non-hydrogen) atoms. The lowest BCUT2D eigenvalue weighted by Crippen LogP contribution is -2.23. The minimum absolute atomic E-state index is 0.212. The normalized spacial score (nSPS) is 11.9. The molecular formula is C12H18N4O2S2. The molecule has 0 spiro atoms. The molecule has 0 radical (unpaired) electrons. The zero-order valence-electron chi connectivity index (χ0n) is 11.5. The number of sulfonamides is 1. The van der Waals surface area contributed by atoms with E-state index in [-0.39, 0.29) is 11.4 Å². The SMILES string of the molecule is CCNCc1cc(S(=O)(=O)NCc2cscn2)cn1C. The fourth-order valence-electron chi connectivity index (χ4n) is 1.73. The maximum absolute atomic E-state index is 12.2. The molecule has 2 rings (SSSR count). The molecule has 8 heteroatoms. The van der Waals surface area contributed by atoms with Crippen LogP contribution < -0.4 is 10.0 Å². The number of thiazole rings is 1. The number of nitrogens with zero attached hydrogens (tertiary/aromatic N) is 2. The van der Waals surface area contributed by atoms with Gasteiger partial charge in [-0.15, -0.1) is 11.3 Å². The largest absolute Gasteiger partial charge is 0.352 e. The number of hydrogen-bond donors (Lipinski definition) is 2. The summed E-state index contributed by atoms with van der Waals surface area (Å²) in [4.78, 5) is 4.33. The Hall–Kier alpha value is -1.22. The quantitative estimate of drug-likeness (QED) is 0.801. The fraction of sp³-hybridized carbons (Fsp3) is 0.417. The van der Waals surface area contributed by atoms with Gasteiger partial charge in [0, 0.05) is 30.9 Å². The number of aryl methyl sites for hydroxylation is 1. The van der Waals surface area contributed by atoms with E-state index >= 15 is 0 Å². The van der Waals surface area contributed by atoms with Crippen LogP contribution in [0.3, 0.4) is 0 Å². The second-order valence-electron chi connectivity index (χ2n) is 4.36. The van der Waals surface area contributed by atoms with E-state index in [2.05, 4.69) is 15.0 Å². The van der Waals surface area contributed by atoms with E-state index < -0.39 is 10.0 Å². The maximum Gasteiger partial charge on any atom is 0.242 e. The van der Waals surface area contributed by atoms with Gasteiger partial charge in [-0.25, -0.2) is 18.1 Å². The Morgan fingerprint density at radius 3 is 2.85 bits per heavy atom. The van der Waals surface area contributed by atoms with E-state index in [1.54, 1.807) is 17.8 Å². The first-order valence-electron chi connectivity index (χ1n) is 6.25. The van der Waals surface area contributed by atoms with Crippen molar-refractivity contribution >= 4 is 21.4 Å². The molecule has 0 aliphatic carbocycles. The van der Waals surface area contributed by atoms with Crippen molar-refractivity contribution in [1.82, 2.24) is 19.6 Å². The molecule has 0 amide bonds. The lowest BCUT2D eigenvalue weighted by atomic mass is 10.4. The van der Waals surface area contributed by atoms with Crippen molar-refractivity contribution in [3.63, 3.8) is 0 Å². The summed E-state index contributed by atoms with van der Waals surface area (Å²) in [5, 5.41) is 5.00. The fourth-order valence-corrected chi connectivity index (χ4v) is 3.38. The minimum Gasteiger partial charge on any atom is -0.352 e. The van der Waals surface area contributed by atoms with Crippen molar-refractivity contribution in [2.45, 2.75) is 24.9 Å². The highest BCUT2D eigenvalue weighted by Gasteiger charge is 2.17. The van der Waals surface area contributed by atoms with Crippen LogP contribution in [-0.4, -0.2) is 24.5 Å². The third-order valence-corrected chi connectivity index (χ3v) is 4.88. The summed E-state index contributed by atoms with van der Waals surface area (Å²) in [7, 11) is -1.66. The average Bonchev–Trinajstić information content (AvgIpc) is 3.04. The third kappa shape index (κ3) is 3.66. The van der Waals surface area contributed by atoms with E-state index in [0.29, 0.717) is 6.54 Å². The smallest absolute Gasteiger partial charge is 0.242 e. The predicted molar refractivity (Wildman–Crippen MR) is 78.9 cm³/mol. The van der Waals surface area contributed by atoms with E-state index in [1.807, 2.05) is 23.9 Å². The highest BCUT2D eigenvalue weighted by Crippen LogP contribution is 2.14. The van der Waals surface area contributed by atoms with Gasteiger partial charge in [-0.1, -0.05) is 6.92 Å². The molecule has 0 aliphatic rings. The number of aromatic nitrogens is 2. The van der Waals surface area contributed by atoms with E-state index in [4.69, 9.17) is 0 Å². The van der Waals surface area contributed by atoms with Crippen LogP contribution in [0.1, 0.15) is 18.3 Å². The van der Waals surface area contributed by atoms with Crippen LogP contribution in [0.2, 0.25) is 0 Å². The molecular weight excluding hydrogens is 296 g/mol. The molecule has 0 bridgehead atoms. The van der Waals surface area contributed by atoms with Crippen LogP contribution in [0, 0.1) is 0 Å². The zero-order valence-corrected chi connectivity index (χ0v) is 13.1. The van der Waals surface area contributed by atoms with Gasteiger partial charge in [-0.2, -0.15) is 0 Å². The monoisotopic (exact) mass is 314 g/mol. The lowest BCUT2D eigenvalue weighted by molar-refractivity contribution is 0.580. The molecule has 0 atom stereocenters. The van der Waals surface area contributed by atoms with Gasteiger partial charge in [-0.05, 0) is 12.6 Å². The van der Waals surface area contributed by atoms with Crippen LogP contribution in [0.5, 0.6) is 0 Å². The van der Waals surface area contributed by atoms with Gasteiger partial charge in [0.25, 0.3) is 0 Å². The Morgan fingerprint density at radius 2 is 2.20 bits per heavy atom. The first-order valence-corrected chi connectivity index (χ1v) is 8.68. The second kappa shape index (κ2) is 6.49. The average molecular weight is 314 g/mol. The number of nitrogens with one attached hydrogen (secondary N) is 2. The Kier molecular flexibility index (Phi) is 4.92. The third-order valence-electron chi connectivity index (χ3n) is 2.88. The molecule has 0 aromatic carbocycles. The van der Waals surface area contributed by atoms with Gasteiger partial charge in [-0.3, -0.25) is 0 Å². The molecule has 0 unspecified atom stereocenters. The van der Waals surface area contributed by atoms with Crippen molar-refractivity contribution in [2.75, 3.05) is 6.54 Å². The Balaban J connectivity index is 2.09. The van der Waals surface area contributed by atoms with E-state index in [9.17, 15) is 8.42 Å². The molecule has 0 aliphatic heterocycles. The van der Waals surface area contributed by atoms with Crippen LogP contribution in [0.25, 0.3) is 0 Å². The van der Waals surface area contributed by atoms with Crippen molar-refractivity contribution in [3.8, 4) is 0 Å². The summed E-state index contributed by atoms with van der Waals surface area (Å²) >= 11 is 1.44. The van der Waals surface area contributed by atoms with Crippen molar-refractivity contribution in [2.24, 2.45) is 7.05 Å². The summed E-state index contributed by atoms with van der Waals surface area (Å²) in [6, 6.07) is 1.69. The summed E-state index contributed by atoms with van der Waals surface area (Å²) in [5.74, 6) is 0. The topological polar surface area (TPSA) is 76.0 Å². The Bertz CT molecular complexity index is 647. The molecule has 110 valence electrons. The van der Waals surface area contributed by atoms with Crippen molar-refractivity contribution in [3.05, 3.63) is 34.5 Å². The van der Waals surface area contributed by atoms with Gasteiger partial charge in [0.1, 0.15) is 0 Å². The molecule has 0 fully saturated rings. The van der Waals surface area contributed by atoms with Crippen LogP contribution in [-0.2, 0) is 30.2 Å². The minimum atomic E-state index is -3.50. The molecule has 6 nitrogen and oxygen atoms in total. The lowest BCUT2D eigenvalue weighted by Gasteiger charge is -2.02. The maximum atomic E-state index is 12.2. The Labute approximate surface area is 122 Å². The van der Waals surface area contributed by atoms with Gasteiger partial charge in [0.15, 0.2) is 0 Å². The zero-order chi connectivity index (χ0) is 14.6. The molecule has 0 saturated heterocycles. The first-order chi connectivity index (χ1) is 9.53. The van der Waals surface area contributed by atoms with Crippen LogP contribution in [0.15, 0.2) is 28.0 Å². The summed E-state index contributed by atoms with van der Waals surface area (Å²) in [6.45, 7) is 3.71. The van der Waals surface area contributed by atoms with Gasteiger partial charge < -0.3 is 9.88 Å². The van der Waals surface area contributed by atoms with Crippen molar-refractivity contribution < 1.29 is 8.42 Å². The molecule has 2 aromatic rings. The molecule has 2 aromatic heterocycles. The second-order valence-corrected chi connectivity index (χ2v) is 6.85. The highest BCUT2D eigenvalue weighted by molar-refractivity contribution is 7.89. The molecule has 0 saturated carbocycles. The number of rotatable bonds is 7. The van der Waals surface area contributed by atoms with E-state index in [0.717, 1.165) is 17.9 Å². The molecule has 2 heterocycles. The van der Waals surface area contributed by atoms with Gasteiger partial charge in [0.05, 0.1) is 22.6 Å². The van der Waals surface area contributed by atoms with Crippen molar-refractivity contribution in [1.29, 1.82) is 0 Å². The molecule has 2 N–H and O–H groups in total. The highest BCUT2D eigenvalue weighted by atomic mass is 32.2. The Morgan fingerprint density at radius 1 is 1.40 bits per heavy atom. The van der Waals surface area contributed by atoms with Crippen LogP contribution >= 0.6 is 11.3 Å². The van der Waals surface area contributed by atoms with Crippen LogP contribution in [0.4, 0.5) is 0 Å². The summed E-state index contributed by atoms with van der Waals surface area (Å²) in [5.41, 5.74) is 3.34. The van der Waals surface area contributed by atoms with Gasteiger partial charge >= 0.3 is 0 Å². The van der Waals surface area contributed by atoms with E-state index in [1.165, 1.54) is 11.3 Å². The number of hydrogen-bond acceptors (Lipinski definition) is 5. The van der Waals surface area contributed by atoms with Gasteiger partial charge in [0.2, 0.25) is 10.0 Å².